The zero-order valence-electron chi connectivity index (χ0n) is 15.1. The molecule has 0 aliphatic rings. The molecule has 27 heavy (non-hydrogen) atoms. The second kappa shape index (κ2) is 6.99. The fourth-order valence-electron chi connectivity index (χ4n) is 2.94. The first-order valence-corrected chi connectivity index (χ1v) is 8.65. The number of aromatic nitrogens is 6. The van der Waals surface area contributed by atoms with Gasteiger partial charge in [0.25, 0.3) is 5.91 Å². The molecule has 8 heteroatoms. The van der Waals surface area contributed by atoms with Gasteiger partial charge in [0.2, 0.25) is 0 Å². The molecule has 1 aromatic carbocycles. The number of anilines is 1. The Hall–Kier alpha value is -3.55. The average Bonchev–Trinajstić information content (AvgIpc) is 3.30. The zero-order chi connectivity index (χ0) is 18.8. The largest absolute Gasteiger partial charge is 0.321 e. The van der Waals surface area contributed by atoms with E-state index in [4.69, 9.17) is 0 Å². The Morgan fingerprint density at radius 1 is 1.26 bits per heavy atom. The summed E-state index contributed by atoms with van der Waals surface area (Å²) < 4.78 is 3.53. The summed E-state index contributed by atoms with van der Waals surface area (Å²) in [6, 6.07) is 11.2. The summed E-state index contributed by atoms with van der Waals surface area (Å²) in [6.07, 6.45) is 5.83. The third kappa shape index (κ3) is 3.55. The van der Waals surface area contributed by atoms with Crippen LogP contribution in [-0.4, -0.2) is 35.3 Å². The van der Waals surface area contributed by atoms with Crippen LogP contribution in [0.5, 0.6) is 0 Å². The quantitative estimate of drug-likeness (QED) is 0.590. The van der Waals surface area contributed by atoms with Crippen molar-refractivity contribution in [2.24, 2.45) is 7.05 Å². The summed E-state index contributed by atoms with van der Waals surface area (Å²) in [4.78, 5) is 16.9. The molecule has 1 N–H and O–H groups in total. The Bertz CT molecular complexity index is 1100. The fraction of sp³-hybridized carbons (Fsp3) is 0.211. The Balaban J connectivity index is 1.50. The van der Waals surface area contributed by atoms with Gasteiger partial charge in [0.1, 0.15) is 17.8 Å². The van der Waals surface area contributed by atoms with Crippen LogP contribution < -0.4 is 5.32 Å². The molecule has 0 saturated heterocycles. The molecule has 136 valence electrons. The highest BCUT2D eigenvalue weighted by Gasteiger charge is 2.13. The van der Waals surface area contributed by atoms with Gasteiger partial charge in [-0.25, -0.2) is 9.50 Å². The van der Waals surface area contributed by atoms with Crippen molar-refractivity contribution in [3.05, 3.63) is 72.2 Å². The van der Waals surface area contributed by atoms with E-state index in [2.05, 4.69) is 32.5 Å². The van der Waals surface area contributed by atoms with E-state index in [9.17, 15) is 4.79 Å². The summed E-state index contributed by atoms with van der Waals surface area (Å²) in [5.74, 6) is 0.915. The van der Waals surface area contributed by atoms with Gasteiger partial charge in [0.15, 0.2) is 5.65 Å². The van der Waals surface area contributed by atoms with Crippen LogP contribution in [0.2, 0.25) is 0 Å². The molecule has 0 saturated carbocycles. The first kappa shape index (κ1) is 16.9. The molecule has 3 aromatic heterocycles. The van der Waals surface area contributed by atoms with Crippen LogP contribution in [0.4, 0.5) is 5.69 Å². The highest BCUT2D eigenvalue weighted by molar-refractivity contribution is 6.03. The Kier molecular flexibility index (Phi) is 4.37. The molecule has 1 atom stereocenters. The van der Waals surface area contributed by atoms with Crippen LogP contribution >= 0.6 is 0 Å². The molecule has 0 aliphatic heterocycles. The van der Waals surface area contributed by atoms with E-state index in [1.807, 2.05) is 35.9 Å². The zero-order valence-corrected chi connectivity index (χ0v) is 15.1. The number of aryl methyl sites for hydroxylation is 1. The topological polar surface area (TPSA) is 90.0 Å². The second-order valence-electron chi connectivity index (χ2n) is 6.49. The number of hydrogen-bond acceptors (Lipinski definition) is 5. The molecule has 0 unspecified atom stereocenters. The van der Waals surface area contributed by atoms with E-state index in [0.717, 1.165) is 23.5 Å². The van der Waals surface area contributed by atoms with Gasteiger partial charge in [0, 0.05) is 31.4 Å². The lowest BCUT2D eigenvalue weighted by Crippen LogP contribution is -2.14. The number of rotatable bonds is 5. The Morgan fingerprint density at radius 3 is 2.96 bits per heavy atom. The number of nitrogens with zero attached hydrogens (tertiary/aromatic N) is 6. The number of fused-ring (bicyclic) bond motifs is 1. The smallest absolute Gasteiger partial charge is 0.274 e. The first-order chi connectivity index (χ1) is 13.1. The van der Waals surface area contributed by atoms with E-state index in [1.54, 1.807) is 35.4 Å². The monoisotopic (exact) mass is 361 g/mol. The maximum absolute atomic E-state index is 12.5. The highest BCUT2D eigenvalue weighted by Crippen LogP contribution is 2.22. The van der Waals surface area contributed by atoms with Crippen LogP contribution in [0, 0.1) is 0 Å². The summed E-state index contributed by atoms with van der Waals surface area (Å²) >= 11 is 0. The number of benzene rings is 1. The Labute approximate surface area is 155 Å². The minimum Gasteiger partial charge on any atom is -0.321 e. The number of carbonyl (C=O) groups is 1. The average molecular weight is 361 g/mol. The highest BCUT2D eigenvalue weighted by atomic mass is 16.1. The van der Waals surface area contributed by atoms with Crippen molar-refractivity contribution in [3.63, 3.8) is 0 Å². The summed E-state index contributed by atoms with van der Waals surface area (Å²) in [5, 5.41) is 15.1. The Morgan fingerprint density at radius 2 is 2.15 bits per heavy atom. The van der Waals surface area contributed by atoms with Crippen molar-refractivity contribution in [2.45, 2.75) is 19.3 Å². The number of hydrogen-bond donors (Lipinski definition) is 1. The van der Waals surface area contributed by atoms with E-state index in [-0.39, 0.29) is 11.8 Å². The van der Waals surface area contributed by atoms with Crippen LogP contribution in [0.3, 0.4) is 0 Å². The van der Waals surface area contributed by atoms with Gasteiger partial charge in [-0.2, -0.15) is 5.10 Å². The van der Waals surface area contributed by atoms with Crippen molar-refractivity contribution < 1.29 is 4.79 Å². The number of amides is 1. The van der Waals surface area contributed by atoms with Gasteiger partial charge in [-0.05, 0) is 29.7 Å². The molecule has 0 radical (unpaired) electrons. The SMILES string of the molecule is C[C@H](Cc1nncn1C)c1cccc(NC(=O)c2ccn3nccc3n2)c1. The van der Waals surface area contributed by atoms with Gasteiger partial charge in [-0.3, -0.25) is 4.79 Å². The van der Waals surface area contributed by atoms with Crippen molar-refractivity contribution in [2.75, 3.05) is 5.32 Å². The van der Waals surface area contributed by atoms with Crippen LogP contribution in [0.15, 0.2) is 55.1 Å². The summed E-state index contributed by atoms with van der Waals surface area (Å²) in [6.45, 7) is 2.13. The molecule has 3 heterocycles. The summed E-state index contributed by atoms with van der Waals surface area (Å²) in [7, 11) is 1.93. The maximum Gasteiger partial charge on any atom is 0.274 e. The lowest BCUT2D eigenvalue weighted by Gasteiger charge is -2.13. The van der Waals surface area contributed by atoms with Crippen molar-refractivity contribution >= 4 is 17.2 Å². The predicted octanol–water partition coefficient (Wildman–Crippen LogP) is 2.46. The minimum absolute atomic E-state index is 0.242. The predicted molar refractivity (Wildman–Crippen MR) is 101 cm³/mol. The van der Waals surface area contributed by atoms with E-state index < -0.39 is 0 Å². The van der Waals surface area contributed by atoms with Gasteiger partial charge in [-0.1, -0.05) is 19.1 Å². The molecule has 0 spiro atoms. The number of nitrogens with one attached hydrogen (secondary N) is 1. The van der Waals surface area contributed by atoms with Crippen molar-refractivity contribution in [3.8, 4) is 0 Å². The fourth-order valence-corrected chi connectivity index (χ4v) is 2.94. The first-order valence-electron chi connectivity index (χ1n) is 8.65. The third-order valence-electron chi connectivity index (χ3n) is 4.50. The normalized spacial score (nSPS) is 12.2. The molecule has 4 aromatic rings. The lowest BCUT2D eigenvalue weighted by atomic mass is 9.97. The number of carbonyl (C=O) groups excluding carboxylic acids is 1. The molecule has 8 nitrogen and oxygen atoms in total. The van der Waals surface area contributed by atoms with Gasteiger partial charge in [-0.15, -0.1) is 10.2 Å². The van der Waals surface area contributed by atoms with Crippen LogP contribution in [-0.2, 0) is 13.5 Å². The summed E-state index contributed by atoms with van der Waals surface area (Å²) in [5.41, 5.74) is 2.83. The van der Waals surface area contributed by atoms with Crippen LogP contribution in [0.25, 0.3) is 5.65 Å². The van der Waals surface area contributed by atoms with Crippen molar-refractivity contribution in [1.29, 1.82) is 0 Å². The van der Waals surface area contributed by atoms with E-state index >= 15 is 0 Å². The second-order valence-corrected chi connectivity index (χ2v) is 6.49. The molecule has 4 rings (SSSR count). The maximum atomic E-state index is 12.5. The van der Waals surface area contributed by atoms with Gasteiger partial charge in [0.05, 0.1) is 6.20 Å². The molecular formula is C19H19N7O. The minimum atomic E-state index is -0.253. The molecule has 0 aliphatic carbocycles. The van der Waals surface area contributed by atoms with Gasteiger partial charge < -0.3 is 9.88 Å². The third-order valence-corrected chi connectivity index (χ3v) is 4.50. The lowest BCUT2D eigenvalue weighted by molar-refractivity contribution is 0.102. The van der Waals surface area contributed by atoms with Crippen molar-refractivity contribution in [1.82, 2.24) is 29.4 Å². The molecule has 1 amide bonds. The van der Waals surface area contributed by atoms with Gasteiger partial charge >= 0.3 is 0 Å². The van der Waals surface area contributed by atoms with Crippen LogP contribution in [0.1, 0.15) is 34.7 Å². The van der Waals surface area contributed by atoms with E-state index in [0.29, 0.717) is 11.3 Å². The molecular weight excluding hydrogens is 342 g/mol. The van der Waals surface area contributed by atoms with E-state index in [1.165, 1.54) is 0 Å². The standard InChI is InChI=1S/C19H19N7O/c1-13(10-18-24-20-12-25(18)2)14-4-3-5-15(11-14)22-19(27)16-7-9-26-17(23-16)6-8-21-26/h3-9,11-13H,10H2,1-2H3,(H,22,27)/t13-/m1/s1. The molecule has 0 fully saturated rings. The molecule has 0 bridgehead atoms.